The van der Waals surface area contributed by atoms with Crippen molar-refractivity contribution in [2.75, 3.05) is 0 Å². The zero-order chi connectivity index (χ0) is 49.8. The van der Waals surface area contributed by atoms with Crippen LogP contribution in [0.3, 0.4) is 0 Å². The molecule has 2 aromatic carbocycles. The fourth-order valence-corrected chi connectivity index (χ4v) is 9.77. The van der Waals surface area contributed by atoms with Crippen LogP contribution < -0.4 is 0 Å². The first-order valence-electron chi connectivity index (χ1n) is 23.9. The second-order valence-corrected chi connectivity index (χ2v) is 22.3. The molecule has 10 heteroatoms. The van der Waals surface area contributed by atoms with Gasteiger partial charge in [-0.3, -0.25) is 9.97 Å². The molecule has 0 radical (unpaired) electrons. The minimum absolute atomic E-state index is 0. The quantitative estimate of drug-likeness (QED) is 0.141. The van der Waals surface area contributed by atoms with Gasteiger partial charge in [-0.1, -0.05) is 141 Å². The van der Waals surface area contributed by atoms with Crippen LogP contribution in [0.5, 0.6) is 0 Å². The average Bonchev–Trinajstić information content (AvgIpc) is 4.03. The van der Waals surface area contributed by atoms with Gasteiger partial charge in [-0.25, -0.2) is 22.7 Å². The van der Waals surface area contributed by atoms with Crippen molar-refractivity contribution in [2.45, 2.75) is 105 Å². The van der Waals surface area contributed by atoms with E-state index in [1.54, 1.807) is 22.7 Å². The van der Waals surface area contributed by atoms with Crippen molar-refractivity contribution in [1.82, 2.24) is 29.9 Å². The second kappa shape index (κ2) is 23.2. The van der Waals surface area contributed by atoms with E-state index in [-0.39, 0.29) is 58.4 Å². The van der Waals surface area contributed by atoms with Crippen LogP contribution in [0, 0.1) is 24.3 Å². The number of pyridine rings is 6. The molecule has 0 aliphatic carbocycles. The number of aromatic nitrogens is 6. The number of thiophene rings is 2. The number of nitrogens with zero attached hydrogens (tertiary/aromatic N) is 6. The Kier molecular flexibility index (Phi) is 18.1. The van der Waals surface area contributed by atoms with E-state index in [1.165, 1.54) is 9.40 Å². The molecule has 0 saturated heterocycles. The molecule has 370 valence electrons. The largest absolute Gasteiger partial charge is 2.00 e. The van der Waals surface area contributed by atoms with Crippen LogP contribution in [0.2, 0.25) is 0 Å². The molecule has 0 fully saturated rings. The Bertz CT molecular complexity index is 3090. The maximum atomic E-state index is 5.06. The summed E-state index contributed by atoms with van der Waals surface area (Å²) in [6.07, 6.45) is 3.73. The summed E-state index contributed by atoms with van der Waals surface area (Å²) >= 11 is 3.46. The molecule has 10 aromatic rings. The van der Waals surface area contributed by atoms with Gasteiger partial charge in [0.2, 0.25) is 0 Å². The molecule has 0 aliphatic rings. The van der Waals surface area contributed by atoms with Crippen molar-refractivity contribution >= 4 is 42.8 Å². The summed E-state index contributed by atoms with van der Waals surface area (Å²) in [5, 5.41) is 2.27. The van der Waals surface area contributed by atoms with Crippen LogP contribution in [0.4, 0.5) is 0 Å². The van der Waals surface area contributed by atoms with Crippen LogP contribution in [0.25, 0.3) is 63.8 Å². The van der Waals surface area contributed by atoms with E-state index in [9.17, 15) is 0 Å². The standard InChI is InChI=1S/C31H34N4.C29H20N2S2.C2H6.2Pt/c1-29(2,3)25-17-15-21(19-32-25)23-11-9-13-27(34-23)31(7,8)28-14-10-12-24(35-28)22-16-18-26(33-20-22)30(4,5)6;1-29(2,27-15-7-11-21(30-27)25-17-19-9-3-5-13-23(19)32-25)28-16-8-12-22(31-28)26-18-20-10-4-6-14-24(20)33-26;1-2;;/h9-14,17-20H,1-8H3;3-16H,1-2H3;1-2H3;;/q2*-2;;2*+2. The van der Waals surface area contributed by atoms with Crippen LogP contribution in [0.1, 0.15) is 117 Å². The molecule has 0 aliphatic heterocycles. The van der Waals surface area contributed by atoms with E-state index in [4.69, 9.17) is 19.9 Å². The number of benzene rings is 2. The van der Waals surface area contributed by atoms with Gasteiger partial charge >= 0.3 is 42.1 Å². The fourth-order valence-electron chi connectivity index (χ4n) is 7.82. The first-order chi connectivity index (χ1) is 33.4. The Balaban J connectivity index is 0.000000222. The average molecular weight is 1340 g/mol. The molecule has 10 rings (SSSR count). The van der Waals surface area contributed by atoms with Gasteiger partial charge in [0.25, 0.3) is 0 Å². The van der Waals surface area contributed by atoms with Crippen LogP contribution in [-0.4, -0.2) is 29.9 Å². The normalized spacial score (nSPS) is 11.7. The third-order valence-electron chi connectivity index (χ3n) is 12.2. The topological polar surface area (TPSA) is 77.3 Å². The van der Waals surface area contributed by atoms with Gasteiger partial charge in [-0.15, -0.1) is 82.6 Å². The van der Waals surface area contributed by atoms with Gasteiger partial charge in [0, 0.05) is 45.0 Å². The molecule has 0 bridgehead atoms. The Hall–Kier alpha value is -5.36. The Morgan fingerprint density at radius 3 is 1.00 bits per heavy atom. The molecule has 8 aromatic heterocycles. The van der Waals surface area contributed by atoms with E-state index in [2.05, 4.69) is 201 Å². The number of hydrogen-bond acceptors (Lipinski definition) is 8. The number of fused-ring (bicyclic) bond motifs is 2. The van der Waals surface area contributed by atoms with Crippen molar-refractivity contribution < 1.29 is 42.1 Å². The van der Waals surface area contributed by atoms with Gasteiger partial charge in [0.15, 0.2) is 0 Å². The van der Waals surface area contributed by atoms with Crippen molar-refractivity contribution in [3.05, 3.63) is 204 Å². The molecular weight excluding hydrogens is 1280 g/mol. The van der Waals surface area contributed by atoms with Crippen molar-refractivity contribution in [2.24, 2.45) is 0 Å². The Morgan fingerprint density at radius 2 is 0.694 bits per heavy atom. The molecule has 0 saturated carbocycles. The fraction of sp³-hybridized carbons (Fsp3) is 0.258. The summed E-state index contributed by atoms with van der Waals surface area (Å²) in [4.78, 5) is 31.5. The number of rotatable bonds is 8. The van der Waals surface area contributed by atoms with Crippen LogP contribution >= 0.6 is 22.7 Å². The summed E-state index contributed by atoms with van der Waals surface area (Å²) in [6, 6.07) is 59.1. The van der Waals surface area contributed by atoms with Gasteiger partial charge in [-0.2, -0.15) is 0 Å². The van der Waals surface area contributed by atoms with E-state index in [1.807, 2.05) is 62.6 Å². The van der Waals surface area contributed by atoms with Gasteiger partial charge in [0.1, 0.15) is 0 Å². The summed E-state index contributed by atoms with van der Waals surface area (Å²) < 4.78 is 2.46. The summed E-state index contributed by atoms with van der Waals surface area (Å²) in [7, 11) is 0. The third-order valence-corrected chi connectivity index (χ3v) is 14.4. The molecular formula is C62H60N6Pt2S2. The number of hydrogen-bond donors (Lipinski definition) is 0. The van der Waals surface area contributed by atoms with Crippen molar-refractivity contribution in [1.29, 1.82) is 0 Å². The summed E-state index contributed by atoms with van der Waals surface area (Å²) in [6.45, 7) is 25.6. The van der Waals surface area contributed by atoms with Gasteiger partial charge in [-0.05, 0) is 105 Å². The SMILES string of the molecule is CC.CC(C)(C)c1c[c-]c(-c2cccc(C(C)(C)c3cccc(-c4[c-]cc(C(C)(C)C)nc4)n3)n2)cn1.CC(C)(c1cccc(-c2[c-]c3ccccc3s2)n1)c1cccc(-c2[c-]c3ccccc3s2)n1.[Pt+2].[Pt+2]. The second-order valence-electron chi connectivity index (χ2n) is 20.2. The first kappa shape index (κ1) is 55.9. The van der Waals surface area contributed by atoms with Crippen LogP contribution in [-0.2, 0) is 63.8 Å². The Labute approximate surface area is 463 Å². The molecule has 6 nitrogen and oxygen atoms in total. The molecule has 0 amide bonds. The minimum atomic E-state index is -0.399. The van der Waals surface area contributed by atoms with Crippen LogP contribution in [0.15, 0.2) is 146 Å². The Morgan fingerprint density at radius 1 is 0.375 bits per heavy atom. The van der Waals surface area contributed by atoms with Crippen molar-refractivity contribution in [3.63, 3.8) is 0 Å². The zero-order valence-electron chi connectivity index (χ0n) is 43.0. The van der Waals surface area contributed by atoms with E-state index in [0.29, 0.717) is 0 Å². The first-order valence-corrected chi connectivity index (χ1v) is 25.6. The molecule has 72 heavy (non-hydrogen) atoms. The maximum Gasteiger partial charge on any atom is 2.00 e. The van der Waals surface area contributed by atoms with Crippen molar-refractivity contribution in [3.8, 4) is 43.7 Å². The summed E-state index contributed by atoms with van der Waals surface area (Å²) in [5.41, 5.74) is 10.5. The molecule has 0 unspecified atom stereocenters. The predicted octanol–water partition coefficient (Wildman–Crippen LogP) is 16.3. The van der Waals surface area contributed by atoms with E-state index >= 15 is 0 Å². The van der Waals surface area contributed by atoms with E-state index < -0.39 is 5.41 Å². The van der Waals surface area contributed by atoms with Gasteiger partial charge in [0.05, 0.1) is 0 Å². The molecule has 0 spiro atoms. The van der Waals surface area contributed by atoms with E-state index in [0.717, 1.165) is 88.6 Å². The molecule has 8 heterocycles. The smallest absolute Gasteiger partial charge is 0.356 e. The molecule has 0 N–H and O–H groups in total. The monoisotopic (exact) mass is 1340 g/mol. The summed E-state index contributed by atoms with van der Waals surface area (Å²) in [5.74, 6) is 0. The van der Waals surface area contributed by atoms with Gasteiger partial charge < -0.3 is 19.9 Å². The maximum absolute atomic E-state index is 5.06. The molecule has 0 atom stereocenters. The minimum Gasteiger partial charge on any atom is -0.356 e. The third kappa shape index (κ3) is 12.5. The zero-order valence-corrected chi connectivity index (χ0v) is 49.2. The predicted molar refractivity (Wildman–Crippen MR) is 293 cm³/mol.